The zero-order valence-electron chi connectivity index (χ0n) is 6.30. The molecule has 0 atom stereocenters. The highest BCUT2D eigenvalue weighted by Gasteiger charge is 1.81. The van der Waals surface area contributed by atoms with E-state index in [1.807, 2.05) is 18.2 Å². The Morgan fingerprint density at radius 2 is 2.30 bits per heavy atom. The molecule has 0 saturated heterocycles. The fraction of sp³-hybridized carbons (Fsp3) is 0.300. The normalized spacial score (nSPS) is 25.9. The van der Waals surface area contributed by atoms with E-state index in [9.17, 15) is 0 Å². The van der Waals surface area contributed by atoms with E-state index in [1.165, 1.54) is 5.57 Å². The molecule has 0 spiro atoms. The van der Waals surface area contributed by atoms with Gasteiger partial charge in [0.25, 0.3) is 0 Å². The van der Waals surface area contributed by atoms with Crippen molar-refractivity contribution in [1.82, 2.24) is 0 Å². The molecule has 0 unspecified atom stereocenters. The maximum absolute atomic E-state index is 3.07. The van der Waals surface area contributed by atoms with Crippen LogP contribution in [-0.4, -0.2) is 0 Å². The highest BCUT2D eigenvalue weighted by Crippen LogP contribution is 2.01. The van der Waals surface area contributed by atoms with Crippen LogP contribution in [0.25, 0.3) is 0 Å². The van der Waals surface area contributed by atoms with Crippen LogP contribution in [0.3, 0.4) is 0 Å². The van der Waals surface area contributed by atoms with Crippen LogP contribution in [-0.2, 0) is 0 Å². The van der Waals surface area contributed by atoms with Gasteiger partial charge < -0.3 is 0 Å². The van der Waals surface area contributed by atoms with Gasteiger partial charge in [-0.15, -0.1) is 5.73 Å². The SMILES string of the molecule is C/C1=C/CC/C=C\C=C=C1. The molecule has 0 aromatic heterocycles. The van der Waals surface area contributed by atoms with Crippen molar-refractivity contribution >= 4 is 0 Å². The second-order valence-corrected chi connectivity index (χ2v) is 2.43. The van der Waals surface area contributed by atoms with Crippen LogP contribution in [0, 0.1) is 0 Å². The first-order valence-corrected chi connectivity index (χ1v) is 3.64. The molecule has 1 aliphatic carbocycles. The van der Waals surface area contributed by atoms with Gasteiger partial charge in [0, 0.05) is 0 Å². The maximum Gasteiger partial charge on any atom is -0.0174 e. The molecule has 0 aromatic rings. The van der Waals surface area contributed by atoms with Gasteiger partial charge in [0.2, 0.25) is 0 Å². The van der Waals surface area contributed by atoms with Gasteiger partial charge in [-0.05, 0) is 37.5 Å². The summed E-state index contributed by atoms with van der Waals surface area (Å²) in [5.74, 6) is 0. The number of allylic oxidation sites excluding steroid dienone is 5. The Kier molecular flexibility index (Phi) is 2.79. The van der Waals surface area contributed by atoms with Crippen LogP contribution in [0.4, 0.5) is 0 Å². The third-order valence-electron chi connectivity index (χ3n) is 1.44. The predicted molar refractivity (Wildman–Crippen MR) is 44.8 cm³/mol. The summed E-state index contributed by atoms with van der Waals surface area (Å²) in [7, 11) is 0. The molecule has 0 saturated carbocycles. The maximum atomic E-state index is 3.07. The lowest BCUT2D eigenvalue weighted by atomic mass is 10.2. The van der Waals surface area contributed by atoms with Gasteiger partial charge >= 0.3 is 0 Å². The van der Waals surface area contributed by atoms with Crippen molar-refractivity contribution in [3.63, 3.8) is 0 Å². The molecule has 0 aromatic carbocycles. The minimum absolute atomic E-state index is 1.14. The second-order valence-electron chi connectivity index (χ2n) is 2.43. The van der Waals surface area contributed by atoms with Crippen molar-refractivity contribution in [1.29, 1.82) is 0 Å². The van der Waals surface area contributed by atoms with Gasteiger partial charge in [0.15, 0.2) is 0 Å². The summed E-state index contributed by atoms with van der Waals surface area (Å²) in [6.45, 7) is 2.10. The van der Waals surface area contributed by atoms with E-state index in [0.29, 0.717) is 0 Å². The van der Waals surface area contributed by atoms with E-state index in [0.717, 1.165) is 12.8 Å². The highest BCUT2D eigenvalue weighted by atomic mass is 13.9. The molecule has 0 heteroatoms. The Bertz CT molecular complexity index is 210. The van der Waals surface area contributed by atoms with Crippen molar-refractivity contribution in [3.8, 4) is 0 Å². The van der Waals surface area contributed by atoms with Crippen molar-refractivity contribution in [2.75, 3.05) is 0 Å². The quantitative estimate of drug-likeness (QED) is 0.444. The molecule has 1 rings (SSSR count). The number of rotatable bonds is 0. The van der Waals surface area contributed by atoms with E-state index in [2.05, 4.69) is 24.8 Å². The van der Waals surface area contributed by atoms with Crippen LogP contribution in [0.15, 0.2) is 41.7 Å². The highest BCUT2D eigenvalue weighted by molar-refractivity contribution is 5.18. The van der Waals surface area contributed by atoms with Gasteiger partial charge in [-0.1, -0.05) is 18.2 Å². The first kappa shape index (κ1) is 7.11. The number of hydrogen-bond acceptors (Lipinski definition) is 0. The Hall–Kier alpha value is -1.00. The Balaban J connectivity index is 2.73. The molecule has 1 aliphatic rings. The minimum Gasteiger partial charge on any atom is -0.121 e. The average molecular weight is 132 g/mol. The Morgan fingerprint density at radius 1 is 1.40 bits per heavy atom. The molecule has 0 amide bonds. The summed E-state index contributed by atoms with van der Waals surface area (Å²) in [6.07, 6.45) is 12.7. The van der Waals surface area contributed by atoms with Crippen LogP contribution in [0.1, 0.15) is 19.8 Å². The number of hydrogen-bond donors (Lipinski definition) is 0. The molecule has 0 heterocycles. The second kappa shape index (κ2) is 3.92. The summed E-state index contributed by atoms with van der Waals surface area (Å²) in [5.41, 5.74) is 4.38. The standard InChI is InChI=1S/C10H12/c1-10-8-6-4-2-3-5-7-9-10/h2-4,8-9H,5,7H2,1H3/b3-2-,10-9-. The fourth-order valence-corrected chi connectivity index (χ4v) is 0.866. The van der Waals surface area contributed by atoms with E-state index in [4.69, 9.17) is 0 Å². The van der Waals surface area contributed by atoms with Crippen molar-refractivity contribution in [2.45, 2.75) is 19.8 Å². The molecule has 10 heavy (non-hydrogen) atoms. The van der Waals surface area contributed by atoms with E-state index >= 15 is 0 Å². The van der Waals surface area contributed by atoms with Gasteiger partial charge in [-0.25, -0.2) is 0 Å². The van der Waals surface area contributed by atoms with E-state index < -0.39 is 0 Å². The molecule has 0 radical (unpaired) electrons. The van der Waals surface area contributed by atoms with Gasteiger partial charge in [-0.2, -0.15) is 0 Å². The molecule has 0 aliphatic heterocycles. The Labute approximate surface area is 62.3 Å². The topological polar surface area (TPSA) is 0 Å². The molecule has 0 fully saturated rings. The van der Waals surface area contributed by atoms with Crippen LogP contribution < -0.4 is 0 Å². The minimum atomic E-state index is 1.14. The summed E-state index contributed by atoms with van der Waals surface area (Å²) < 4.78 is 0. The molecule has 0 bridgehead atoms. The molecular weight excluding hydrogens is 120 g/mol. The lowest BCUT2D eigenvalue weighted by Gasteiger charge is -1.87. The molecule has 0 nitrogen and oxygen atoms in total. The summed E-state index contributed by atoms with van der Waals surface area (Å²) in [6, 6.07) is 0. The van der Waals surface area contributed by atoms with Gasteiger partial charge in [0.1, 0.15) is 0 Å². The zero-order valence-corrected chi connectivity index (χ0v) is 6.30. The van der Waals surface area contributed by atoms with Crippen molar-refractivity contribution in [3.05, 3.63) is 41.7 Å². The van der Waals surface area contributed by atoms with E-state index in [-0.39, 0.29) is 0 Å². The van der Waals surface area contributed by atoms with Gasteiger partial charge in [0.05, 0.1) is 0 Å². The van der Waals surface area contributed by atoms with Crippen LogP contribution in [0.2, 0.25) is 0 Å². The third-order valence-corrected chi connectivity index (χ3v) is 1.44. The predicted octanol–water partition coefficient (Wildman–Crippen LogP) is 2.99. The van der Waals surface area contributed by atoms with Gasteiger partial charge in [-0.3, -0.25) is 0 Å². The summed E-state index contributed by atoms with van der Waals surface area (Å²) in [4.78, 5) is 0. The lowest BCUT2D eigenvalue weighted by molar-refractivity contribution is 1.04. The zero-order chi connectivity index (χ0) is 7.23. The third kappa shape index (κ3) is 2.52. The Morgan fingerprint density at radius 3 is 3.20 bits per heavy atom. The molecule has 52 valence electrons. The monoisotopic (exact) mass is 132 g/mol. The average Bonchev–Trinajstić information content (AvgIpc) is 2.02. The summed E-state index contributed by atoms with van der Waals surface area (Å²) in [5, 5.41) is 0. The smallest absolute Gasteiger partial charge is 0.0174 e. The molecule has 0 N–H and O–H groups in total. The van der Waals surface area contributed by atoms with E-state index in [1.54, 1.807) is 0 Å². The first-order valence-electron chi connectivity index (χ1n) is 3.64. The van der Waals surface area contributed by atoms with Crippen molar-refractivity contribution in [2.24, 2.45) is 0 Å². The molecular formula is C10H12. The van der Waals surface area contributed by atoms with Crippen molar-refractivity contribution < 1.29 is 0 Å². The lowest BCUT2D eigenvalue weighted by Crippen LogP contribution is -1.67. The fourth-order valence-electron chi connectivity index (χ4n) is 0.866. The first-order chi connectivity index (χ1) is 4.89. The van der Waals surface area contributed by atoms with Crippen LogP contribution >= 0.6 is 0 Å². The van der Waals surface area contributed by atoms with Crippen LogP contribution in [0.5, 0.6) is 0 Å². The largest absolute Gasteiger partial charge is 0.121 e. The summed E-state index contributed by atoms with van der Waals surface area (Å²) >= 11 is 0.